The van der Waals surface area contributed by atoms with Crippen molar-refractivity contribution < 1.29 is 27.6 Å². The fourth-order valence-electron chi connectivity index (χ4n) is 0.955. The highest BCUT2D eigenvalue weighted by Gasteiger charge is 2.29. The summed E-state index contributed by atoms with van der Waals surface area (Å²) in [5.74, 6) is -3.80. The summed E-state index contributed by atoms with van der Waals surface area (Å²) in [6, 6.07) is -0.0457. The predicted octanol–water partition coefficient (Wildman–Crippen LogP) is 0.101. The highest BCUT2D eigenvalue weighted by molar-refractivity contribution is 6.55. The molecule has 0 unspecified atom stereocenters. The monoisotopic (exact) mass is 224 g/mol. The van der Waals surface area contributed by atoms with Crippen molar-refractivity contribution in [2.75, 3.05) is 0 Å². The normalized spacial score (nSPS) is 11.9. The molecule has 3 nitrogen and oxygen atoms in total. The Hall–Kier alpha value is -0.893. The van der Waals surface area contributed by atoms with E-state index in [0.29, 0.717) is 6.07 Å². The van der Waals surface area contributed by atoms with E-state index in [4.69, 9.17) is 14.4 Å². The molecule has 0 saturated heterocycles. The standard InChI is InChI=1S/C7H7F3O3Si/c8-5-2-7(10)6(9)1-4(5)3-14(11,12)13/h1-2,11-13H,3H2. The average molecular weight is 224 g/mol. The molecule has 0 amide bonds. The minimum Gasteiger partial charge on any atom is -0.390 e. The molecule has 7 heteroatoms. The van der Waals surface area contributed by atoms with Crippen LogP contribution in [0.3, 0.4) is 0 Å². The molecule has 14 heavy (non-hydrogen) atoms. The lowest BCUT2D eigenvalue weighted by Crippen LogP contribution is -2.38. The van der Waals surface area contributed by atoms with Gasteiger partial charge in [-0.1, -0.05) is 0 Å². The zero-order valence-electron chi connectivity index (χ0n) is 6.84. The zero-order valence-corrected chi connectivity index (χ0v) is 7.84. The molecule has 1 aromatic rings. The highest BCUT2D eigenvalue weighted by atomic mass is 28.4. The maximum Gasteiger partial charge on any atom is 0.497 e. The van der Waals surface area contributed by atoms with E-state index < -0.39 is 37.9 Å². The van der Waals surface area contributed by atoms with E-state index >= 15 is 0 Å². The van der Waals surface area contributed by atoms with Gasteiger partial charge in [0.1, 0.15) is 5.82 Å². The molecule has 1 rings (SSSR count). The third-order valence-electron chi connectivity index (χ3n) is 1.52. The molecule has 0 bridgehead atoms. The molecular weight excluding hydrogens is 217 g/mol. The van der Waals surface area contributed by atoms with Crippen molar-refractivity contribution >= 4 is 8.80 Å². The molecule has 1 aromatic carbocycles. The fraction of sp³-hybridized carbons (Fsp3) is 0.143. The van der Waals surface area contributed by atoms with Crippen LogP contribution in [0.2, 0.25) is 0 Å². The van der Waals surface area contributed by atoms with Gasteiger partial charge in [0.25, 0.3) is 0 Å². The molecular formula is C7H7F3O3Si. The van der Waals surface area contributed by atoms with Gasteiger partial charge in [-0.15, -0.1) is 0 Å². The van der Waals surface area contributed by atoms with Crippen molar-refractivity contribution in [2.45, 2.75) is 6.04 Å². The van der Waals surface area contributed by atoms with Gasteiger partial charge in [-0.05, 0) is 11.6 Å². The van der Waals surface area contributed by atoms with Crippen LogP contribution in [0.5, 0.6) is 0 Å². The van der Waals surface area contributed by atoms with Gasteiger partial charge in [0, 0.05) is 12.1 Å². The van der Waals surface area contributed by atoms with E-state index in [-0.39, 0.29) is 6.07 Å². The summed E-state index contributed by atoms with van der Waals surface area (Å²) in [6.45, 7) is 0. The minimum atomic E-state index is -4.50. The molecule has 0 aromatic heterocycles. The largest absolute Gasteiger partial charge is 0.497 e. The molecule has 0 fully saturated rings. The van der Waals surface area contributed by atoms with Crippen molar-refractivity contribution in [1.29, 1.82) is 0 Å². The second kappa shape index (κ2) is 3.69. The Morgan fingerprint density at radius 3 is 1.93 bits per heavy atom. The number of benzene rings is 1. The molecule has 0 atom stereocenters. The summed E-state index contributed by atoms with van der Waals surface area (Å²) in [5.41, 5.74) is -0.469. The fourth-order valence-corrected chi connectivity index (χ4v) is 1.74. The number of halogens is 3. The Morgan fingerprint density at radius 2 is 1.43 bits per heavy atom. The van der Waals surface area contributed by atoms with E-state index in [0.717, 1.165) is 0 Å². The van der Waals surface area contributed by atoms with Crippen LogP contribution < -0.4 is 0 Å². The topological polar surface area (TPSA) is 60.7 Å². The van der Waals surface area contributed by atoms with Crippen molar-refractivity contribution in [2.24, 2.45) is 0 Å². The quantitative estimate of drug-likeness (QED) is 0.493. The first-order valence-electron chi connectivity index (χ1n) is 3.60. The van der Waals surface area contributed by atoms with Crippen LogP contribution >= 0.6 is 0 Å². The van der Waals surface area contributed by atoms with E-state index in [1.807, 2.05) is 0 Å². The van der Waals surface area contributed by atoms with Crippen LogP contribution in [-0.4, -0.2) is 23.2 Å². The summed E-state index contributed by atoms with van der Waals surface area (Å²) < 4.78 is 37.8. The van der Waals surface area contributed by atoms with Gasteiger partial charge in [0.2, 0.25) is 0 Å². The van der Waals surface area contributed by atoms with E-state index in [1.165, 1.54) is 0 Å². The minimum absolute atomic E-state index is 0.283. The van der Waals surface area contributed by atoms with Crippen molar-refractivity contribution in [3.63, 3.8) is 0 Å². The molecule has 0 heterocycles. The Labute approximate surface area is 78.4 Å². The van der Waals surface area contributed by atoms with Crippen molar-refractivity contribution in [1.82, 2.24) is 0 Å². The Kier molecular flexibility index (Phi) is 2.95. The summed E-state index contributed by atoms with van der Waals surface area (Å²) in [5, 5.41) is 0. The van der Waals surface area contributed by atoms with Crippen LogP contribution in [0.15, 0.2) is 12.1 Å². The molecule has 0 aliphatic heterocycles. The Bertz CT molecular complexity index is 351. The average Bonchev–Trinajstić information content (AvgIpc) is 1.97. The van der Waals surface area contributed by atoms with E-state index in [9.17, 15) is 13.2 Å². The predicted molar refractivity (Wildman–Crippen MR) is 42.4 cm³/mol. The zero-order chi connectivity index (χ0) is 10.9. The highest BCUT2D eigenvalue weighted by Crippen LogP contribution is 2.15. The van der Waals surface area contributed by atoms with Gasteiger partial charge in [-0.2, -0.15) is 0 Å². The lowest BCUT2D eigenvalue weighted by Gasteiger charge is -2.10. The van der Waals surface area contributed by atoms with Crippen LogP contribution in [0, 0.1) is 17.5 Å². The Balaban J connectivity index is 3.04. The molecule has 0 aliphatic carbocycles. The van der Waals surface area contributed by atoms with Crippen molar-refractivity contribution in [3.8, 4) is 0 Å². The SMILES string of the molecule is O[Si](O)(O)Cc1cc(F)c(F)cc1F. The third-order valence-corrected chi connectivity index (χ3v) is 2.37. The lowest BCUT2D eigenvalue weighted by atomic mass is 10.2. The lowest BCUT2D eigenvalue weighted by molar-refractivity contribution is 0.226. The van der Waals surface area contributed by atoms with Gasteiger partial charge in [0.15, 0.2) is 11.6 Å². The summed E-state index contributed by atoms with van der Waals surface area (Å²) in [4.78, 5) is 25.9. The van der Waals surface area contributed by atoms with Gasteiger partial charge < -0.3 is 14.4 Å². The van der Waals surface area contributed by atoms with Crippen molar-refractivity contribution in [3.05, 3.63) is 35.1 Å². The number of rotatable bonds is 2. The van der Waals surface area contributed by atoms with Crippen LogP contribution in [-0.2, 0) is 6.04 Å². The summed E-state index contributed by atoms with van der Waals surface area (Å²) in [6.07, 6.45) is 0. The van der Waals surface area contributed by atoms with Gasteiger partial charge in [0.05, 0.1) is 0 Å². The molecule has 0 saturated carbocycles. The molecule has 0 aliphatic rings. The molecule has 3 N–H and O–H groups in total. The van der Waals surface area contributed by atoms with Gasteiger partial charge in [-0.3, -0.25) is 0 Å². The van der Waals surface area contributed by atoms with Crippen LogP contribution in [0.25, 0.3) is 0 Å². The molecule has 78 valence electrons. The smallest absolute Gasteiger partial charge is 0.390 e. The first-order chi connectivity index (χ1) is 6.29. The summed E-state index contributed by atoms with van der Waals surface area (Å²) >= 11 is 0. The number of hydrogen-bond acceptors (Lipinski definition) is 3. The second-order valence-corrected chi connectivity index (χ2v) is 4.71. The summed E-state index contributed by atoms with van der Waals surface area (Å²) in [7, 11) is -4.50. The maximum atomic E-state index is 12.8. The van der Waals surface area contributed by atoms with E-state index in [2.05, 4.69) is 0 Å². The second-order valence-electron chi connectivity index (χ2n) is 2.81. The molecule has 0 radical (unpaired) electrons. The third kappa shape index (κ3) is 2.81. The van der Waals surface area contributed by atoms with E-state index in [1.54, 1.807) is 0 Å². The van der Waals surface area contributed by atoms with Gasteiger partial charge in [-0.25, -0.2) is 13.2 Å². The van der Waals surface area contributed by atoms with Gasteiger partial charge >= 0.3 is 8.80 Å². The maximum absolute atomic E-state index is 12.8. The van der Waals surface area contributed by atoms with Crippen LogP contribution in [0.4, 0.5) is 13.2 Å². The first-order valence-corrected chi connectivity index (χ1v) is 5.65. The first kappa shape index (κ1) is 11.2. The van der Waals surface area contributed by atoms with Crippen LogP contribution in [0.1, 0.15) is 5.56 Å². The molecule has 0 spiro atoms. The number of hydrogen-bond donors (Lipinski definition) is 3. The Morgan fingerprint density at radius 1 is 0.929 bits per heavy atom.